The molecule has 0 fully saturated rings. The van der Waals surface area contributed by atoms with Crippen LogP contribution in [-0.2, 0) is 11.3 Å². The number of benzene rings is 1. The minimum Gasteiger partial charge on any atom is -0.341 e. The average Bonchev–Trinajstić information content (AvgIpc) is 2.47. The maximum absolute atomic E-state index is 12.3. The normalized spacial score (nSPS) is 12.0. The van der Waals surface area contributed by atoms with Crippen LogP contribution in [0.25, 0.3) is 0 Å². The van der Waals surface area contributed by atoms with Gasteiger partial charge in [-0.15, -0.1) is 0 Å². The SMILES string of the molecule is CCN(CC(C)C#N)C(=O)CN(C)Cc1ccc(Cl)c(Cl)c1. The van der Waals surface area contributed by atoms with Crippen molar-refractivity contribution in [3.05, 3.63) is 33.8 Å². The number of halogens is 2. The highest BCUT2D eigenvalue weighted by Crippen LogP contribution is 2.23. The van der Waals surface area contributed by atoms with Crippen LogP contribution in [0.15, 0.2) is 18.2 Å². The summed E-state index contributed by atoms with van der Waals surface area (Å²) in [6.45, 7) is 5.70. The molecule has 1 aromatic carbocycles. The molecule has 1 atom stereocenters. The van der Waals surface area contributed by atoms with Gasteiger partial charge < -0.3 is 4.90 Å². The van der Waals surface area contributed by atoms with Crippen molar-refractivity contribution < 1.29 is 4.79 Å². The average molecular weight is 342 g/mol. The number of nitriles is 1. The van der Waals surface area contributed by atoms with Crippen LogP contribution in [0.5, 0.6) is 0 Å². The molecule has 120 valence electrons. The Morgan fingerprint density at radius 3 is 2.59 bits per heavy atom. The summed E-state index contributed by atoms with van der Waals surface area (Å²) in [7, 11) is 1.88. The first-order chi connectivity index (χ1) is 10.4. The highest BCUT2D eigenvalue weighted by atomic mass is 35.5. The van der Waals surface area contributed by atoms with Crippen LogP contribution in [0.4, 0.5) is 0 Å². The largest absolute Gasteiger partial charge is 0.341 e. The number of rotatable bonds is 7. The molecule has 0 saturated carbocycles. The molecular formula is C16H21Cl2N3O. The van der Waals surface area contributed by atoms with Crippen molar-refractivity contribution in [1.29, 1.82) is 5.26 Å². The van der Waals surface area contributed by atoms with Crippen molar-refractivity contribution >= 4 is 29.1 Å². The Balaban J connectivity index is 2.59. The standard InChI is InChI=1S/C16H21Cl2N3O/c1-4-21(9-12(2)8-19)16(22)11-20(3)10-13-5-6-14(17)15(18)7-13/h5-7,12H,4,9-11H2,1-3H3. The van der Waals surface area contributed by atoms with Crippen molar-refractivity contribution in [2.45, 2.75) is 20.4 Å². The molecule has 1 unspecified atom stereocenters. The first-order valence-electron chi connectivity index (χ1n) is 7.17. The van der Waals surface area contributed by atoms with Crippen molar-refractivity contribution in [1.82, 2.24) is 9.80 Å². The van der Waals surface area contributed by atoms with E-state index in [1.54, 1.807) is 17.0 Å². The molecule has 0 N–H and O–H groups in total. The second-order valence-electron chi connectivity index (χ2n) is 5.38. The molecule has 0 radical (unpaired) electrons. The lowest BCUT2D eigenvalue weighted by Crippen LogP contribution is -2.40. The molecule has 0 aliphatic heterocycles. The van der Waals surface area contributed by atoms with Crippen LogP contribution in [0.2, 0.25) is 10.0 Å². The van der Waals surface area contributed by atoms with E-state index in [0.29, 0.717) is 36.2 Å². The van der Waals surface area contributed by atoms with Gasteiger partial charge in [0.25, 0.3) is 0 Å². The Morgan fingerprint density at radius 2 is 2.05 bits per heavy atom. The van der Waals surface area contributed by atoms with E-state index in [-0.39, 0.29) is 11.8 Å². The van der Waals surface area contributed by atoms with Crippen molar-refractivity contribution in [3.8, 4) is 6.07 Å². The van der Waals surface area contributed by atoms with Gasteiger partial charge in [-0.25, -0.2) is 0 Å². The number of likely N-dealkylation sites (N-methyl/N-ethyl adjacent to an activating group) is 2. The van der Waals surface area contributed by atoms with E-state index in [1.807, 2.05) is 31.9 Å². The van der Waals surface area contributed by atoms with E-state index in [4.69, 9.17) is 28.5 Å². The smallest absolute Gasteiger partial charge is 0.236 e. The molecule has 0 aromatic heterocycles. The first-order valence-corrected chi connectivity index (χ1v) is 7.92. The Bertz CT molecular complexity index is 557. The van der Waals surface area contributed by atoms with Crippen molar-refractivity contribution in [3.63, 3.8) is 0 Å². The van der Waals surface area contributed by atoms with Gasteiger partial charge in [-0.1, -0.05) is 29.3 Å². The summed E-state index contributed by atoms with van der Waals surface area (Å²) in [4.78, 5) is 15.9. The predicted molar refractivity (Wildman–Crippen MR) is 89.8 cm³/mol. The van der Waals surface area contributed by atoms with E-state index < -0.39 is 0 Å². The molecule has 0 aliphatic carbocycles. The van der Waals surface area contributed by atoms with Crippen molar-refractivity contribution in [2.75, 3.05) is 26.7 Å². The number of carbonyl (C=O) groups excluding carboxylic acids is 1. The maximum atomic E-state index is 12.3. The molecule has 0 aliphatic rings. The van der Waals surface area contributed by atoms with Gasteiger partial charge in [0, 0.05) is 19.6 Å². The van der Waals surface area contributed by atoms with Crippen LogP contribution < -0.4 is 0 Å². The monoisotopic (exact) mass is 341 g/mol. The Morgan fingerprint density at radius 1 is 1.36 bits per heavy atom. The molecule has 6 heteroatoms. The van der Waals surface area contributed by atoms with Crippen LogP contribution in [0.3, 0.4) is 0 Å². The zero-order chi connectivity index (χ0) is 16.7. The summed E-state index contributed by atoms with van der Waals surface area (Å²) in [5.41, 5.74) is 0.998. The summed E-state index contributed by atoms with van der Waals surface area (Å²) in [5, 5.41) is 9.90. The second kappa shape index (κ2) is 8.99. The summed E-state index contributed by atoms with van der Waals surface area (Å²) in [6.07, 6.45) is 0. The van der Waals surface area contributed by atoms with E-state index in [9.17, 15) is 4.79 Å². The molecule has 1 amide bonds. The summed E-state index contributed by atoms with van der Waals surface area (Å²) >= 11 is 11.9. The molecule has 1 aromatic rings. The fourth-order valence-electron chi connectivity index (χ4n) is 2.12. The molecule has 0 spiro atoms. The van der Waals surface area contributed by atoms with Gasteiger partial charge in [-0.05, 0) is 38.6 Å². The summed E-state index contributed by atoms with van der Waals surface area (Å²) < 4.78 is 0. The third-order valence-corrected chi connectivity index (χ3v) is 4.03. The van der Waals surface area contributed by atoms with Gasteiger partial charge in [0.05, 0.1) is 28.6 Å². The number of amides is 1. The number of carbonyl (C=O) groups is 1. The summed E-state index contributed by atoms with van der Waals surface area (Å²) in [6, 6.07) is 7.61. The molecule has 0 heterocycles. The fourth-order valence-corrected chi connectivity index (χ4v) is 2.44. The predicted octanol–water partition coefficient (Wildman–Crippen LogP) is 3.43. The lowest BCUT2D eigenvalue weighted by Gasteiger charge is -2.25. The lowest BCUT2D eigenvalue weighted by molar-refractivity contribution is -0.132. The minimum absolute atomic E-state index is 0.0205. The fraction of sp³-hybridized carbons (Fsp3) is 0.500. The number of hydrogen-bond acceptors (Lipinski definition) is 3. The first kappa shape index (κ1) is 18.8. The Kier molecular flexibility index (Phi) is 7.67. The number of nitrogens with zero attached hydrogens (tertiary/aromatic N) is 3. The minimum atomic E-state index is -0.163. The zero-order valence-corrected chi connectivity index (χ0v) is 14.7. The Labute approximate surface area is 142 Å². The van der Waals surface area contributed by atoms with E-state index in [2.05, 4.69) is 6.07 Å². The van der Waals surface area contributed by atoms with Crippen LogP contribution >= 0.6 is 23.2 Å². The molecule has 0 saturated heterocycles. The molecule has 4 nitrogen and oxygen atoms in total. The third kappa shape index (κ3) is 5.84. The van der Waals surface area contributed by atoms with E-state index in [0.717, 1.165) is 5.56 Å². The molecular weight excluding hydrogens is 321 g/mol. The Hall–Kier alpha value is -1.28. The third-order valence-electron chi connectivity index (χ3n) is 3.29. The van der Waals surface area contributed by atoms with Gasteiger partial charge in [0.2, 0.25) is 5.91 Å². The lowest BCUT2D eigenvalue weighted by atomic mass is 10.2. The molecule has 1 rings (SSSR count). The second-order valence-corrected chi connectivity index (χ2v) is 6.20. The highest BCUT2D eigenvalue weighted by Gasteiger charge is 2.16. The molecule has 0 bridgehead atoms. The van der Waals surface area contributed by atoms with Gasteiger partial charge in [0.15, 0.2) is 0 Å². The maximum Gasteiger partial charge on any atom is 0.236 e. The zero-order valence-electron chi connectivity index (χ0n) is 13.1. The number of hydrogen-bond donors (Lipinski definition) is 0. The quantitative estimate of drug-likeness (QED) is 0.763. The summed E-state index contributed by atoms with van der Waals surface area (Å²) in [5.74, 6) is -0.142. The van der Waals surface area contributed by atoms with E-state index in [1.165, 1.54) is 0 Å². The van der Waals surface area contributed by atoms with Crippen LogP contribution in [0.1, 0.15) is 19.4 Å². The van der Waals surface area contributed by atoms with Crippen LogP contribution in [0, 0.1) is 17.2 Å². The van der Waals surface area contributed by atoms with E-state index >= 15 is 0 Å². The van der Waals surface area contributed by atoms with Crippen molar-refractivity contribution in [2.24, 2.45) is 5.92 Å². The van der Waals surface area contributed by atoms with Gasteiger partial charge in [-0.3, -0.25) is 9.69 Å². The molecule has 22 heavy (non-hydrogen) atoms. The van der Waals surface area contributed by atoms with Gasteiger partial charge in [-0.2, -0.15) is 5.26 Å². The van der Waals surface area contributed by atoms with Gasteiger partial charge >= 0.3 is 0 Å². The van der Waals surface area contributed by atoms with Gasteiger partial charge in [0.1, 0.15) is 0 Å². The van der Waals surface area contributed by atoms with Crippen LogP contribution in [-0.4, -0.2) is 42.4 Å². The highest BCUT2D eigenvalue weighted by molar-refractivity contribution is 6.42. The topological polar surface area (TPSA) is 47.3 Å².